The van der Waals surface area contributed by atoms with E-state index in [1.165, 1.54) is 77.0 Å². The van der Waals surface area contributed by atoms with Crippen LogP contribution in [-0.2, 0) is 0 Å². The molecular formula is C22H38. The van der Waals surface area contributed by atoms with Crippen LogP contribution >= 0.6 is 0 Å². The summed E-state index contributed by atoms with van der Waals surface area (Å²) in [6.45, 7) is 4.29. The summed E-state index contributed by atoms with van der Waals surface area (Å²) >= 11 is 0. The highest BCUT2D eigenvalue weighted by Crippen LogP contribution is 2.42. The van der Waals surface area contributed by atoms with E-state index in [0.29, 0.717) is 0 Å². The molecule has 0 unspecified atom stereocenters. The van der Waals surface area contributed by atoms with Crippen molar-refractivity contribution in [2.45, 2.75) is 90.9 Å². The van der Waals surface area contributed by atoms with E-state index in [0.717, 1.165) is 23.7 Å². The van der Waals surface area contributed by atoms with Crippen molar-refractivity contribution in [1.29, 1.82) is 0 Å². The van der Waals surface area contributed by atoms with Crippen LogP contribution in [0.2, 0.25) is 0 Å². The molecule has 2 aliphatic carbocycles. The predicted molar refractivity (Wildman–Crippen MR) is 99.0 cm³/mol. The van der Waals surface area contributed by atoms with Crippen molar-refractivity contribution >= 4 is 0 Å². The second-order valence-corrected chi connectivity index (χ2v) is 7.85. The average molecular weight is 303 g/mol. The topological polar surface area (TPSA) is 0 Å². The molecule has 22 heavy (non-hydrogen) atoms. The van der Waals surface area contributed by atoms with Gasteiger partial charge in [-0.2, -0.15) is 0 Å². The van der Waals surface area contributed by atoms with Gasteiger partial charge in [0.1, 0.15) is 0 Å². The van der Waals surface area contributed by atoms with E-state index in [1.54, 1.807) is 0 Å². The number of rotatable bonds is 7. The van der Waals surface area contributed by atoms with Gasteiger partial charge in [-0.15, -0.1) is 0 Å². The normalized spacial score (nSPS) is 33.7. The summed E-state index contributed by atoms with van der Waals surface area (Å²) in [5.41, 5.74) is 0. The molecule has 126 valence electrons. The lowest BCUT2D eigenvalue weighted by Crippen LogP contribution is -2.25. The van der Waals surface area contributed by atoms with E-state index in [4.69, 9.17) is 0 Å². The van der Waals surface area contributed by atoms with Gasteiger partial charge in [-0.25, -0.2) is 0 Å². The fraction of sp³-hybridized carbons (Fsp3) is 0.818. The van der Waals surface area contributed by atoms with Gasteiger partial charge in [0.25, 0.3) is 0 Å². The minimum Gasteiger partial charge on any atom is -0.0917 e. The van der Waals surface area contributed by atoms with Crippen molar-refractivity contribution in [2.75, 3.05) is 0 Å². The summed E-state index contributed by atoms with van der Waals surface area (Å²) in [5.74, 6) is 4.22. The Balaban J connectivity index is 1.62. The van der Waals surface area contributed by atoms with Crippen molar-refractivity contribution < 1.29 is 0 Å². The Hall–Kier alpha value is -0.520. The van der Waals surface area contributed by atoms with Crippen LogP contribution in [0.3, 0.4) is 0 Å². The first-order valence-corrected chi connectivity index (χ1v) is 10.1. The van der Waals surface area contributed by atoms with E-state index < -0.39 is 0 Å². The van der Waals surface area contributed by atoms with Gasteiger partial charge in [0, 0.05) is 0 Å². The van der Waals surface area contributed by atoms with Crippen LogP contribution in [0, 0.1) is 23.7 Å². The molecule has 0 amide bonds. The molecule has 0 aromatic carbocycles. The molecule has 0 heteroatoms. The maximum Gasteiger partial charge on any atom is -0.0348 e. The van der Waals surface area contributed by atoms with Gasteiger partial charge in [0.2, 0.25) is 0 Å². The maximum atomic E-state index is 2.35. The lowest BCUT2D eigenvalue weighted by atomic mass is 9.68. The number of hydrogen-bond acceptors (Lipinski definition) is 0. The van der Waals surface area contributed by atoms with Gasteiger partial charge in [-0.1, -0.05) is 50.0 Å². The minimum atomic E-state index is 1.03. The molecule has 0 spiro atoms. The quantitative estimate of drug-likeness (QED) is 0.432. The summed E-state index contributed by atoms with van der Waals surface area (Å²) in [6.07, 6.45) is 26.8. The van der Waals surface area contributed by atoms with Crippen molar-refractivity contribution in [3.8, 4) is 0 Å². The molecule has 0 N–H and O–H groups in total. The van der Waals surface area contributed by atoms with Crippen LogP contribution in [0.25, 0.3) is 0 Å². The number of allylic oxidation sites excluding steroid dienone is 4. The second kappa shape index (κ2) is 10.3. The van der Waals surface area contributed by atoms with E-state index >= 15 is 0 Å². The SMILES string of the molecule is C/C=C/CCC1CCC(C2CCC(CC/C=C/C)CC2)CC1. The molecule has 0 bridgehead atoms. The Morgan fingerprint density at radius 1 is 0.591 bits per heavy atom. The highest BCUT2D eigenvalue weighted by atomic mass is 14.4. The predicted octanol–water partition coefficient (Wildman–Crippen LogP) is 7.31. The molecule has 0 aromatic heterocycles. The van der Waals surface area contributed by atoms with Gasteiger partial charge < -0.3 is 0 Å². The van der Waals surface area contributed by atoms with E-state index in [2.05, 4.69) is 38.2 Å². The van der Waals surface area contributed by atoms with E-state index in [1.807, 2.05) is 0 Å². The molecule has 0 atom stereocenters. The standard InChI is InChI=1S/C22H38/c1-3-5-7-9-19-11-15-21(16-12-19)22-17-13-20(14-18-22)10-8-6-4-2/h3-6,19-22H,7-18H2,1-2H3/b5-3+,6-4+. The molecule has 0 aromatic rings. The van der Waals surface area contributed by atoms with Crippen LogP contribution in [-0.4, -0.2) is 0 Å². The molecule has 0 nitrogen and oxygen atoms in total. The zero-order chi connectivity index (χ0) is 15.6. The van der Waals surface area contributed by atoms with Crippen LogP contribution in [0.4, 0.5) is 0 Å². The molecule has 0 aliphatic heterocycles. The Morgan fingerprint density at radius 3 is 1.27 bits per heavy atom. The number of hydrogen-bond donors (Lipinski definition) is 0. The molecule has 0 saturated heterocycles. The molecule has 0 radical (unpaired) electrons. The van der Waals surface area contributed by atoms with Gasteiger partial charge in [-0.05, 0) is 88.9 Å². The third kappa shape index (κ3) is 5.94. The minimum absolute atomic E-state index is 1.03. The summed E-state index contributed by atoms with van der Waals surface area (Å²) < 4.78 is 0. The Kier molecular flexibility index (Phi) is 8.34. The second-order valence-electron chi connectivity index (χ2n) is 7.85. The molecular weight excluding hydrogens is 264 g/mol. The van der Waals surface area contributed by atoms with Crippen LogP contribution in [0.15, 0.2) is 24.3 Å². The van der Waals surface area contributed by atoms with Crippen LogP contribution in [0.1, 0.15) is 90.9 Å². The fourth-order valence-electron chi connectivity index (χ4n) is 4.89. The molecule has 2 rings (SSSR count). The summed E-state index contributed by atoms with van der Waals surface area (Å²) in [7, 11) is 0. The maximum absolute atomic E-state index is 2.35. The molecule has 2 fully saturated rings. The Morgan fingerprint density at radius 2 is 0.955 bits per heavy atom. The first-order valence-electron chi connectivity index (χ1n) is 10.1. The molecule has 0 heterocycles. The third-order valence-corrected chi connectivity index (χ3v) is 6.40. The summed E-state index contributed by atoms with van der Waals surface area (Å²) in [5, 5.41) is 0. The summed E-state index contributed by atoms with van der Waals surface area (Å²) in [6, 6.07) is 0. The Labute approximate surface area is 139 Å². The zero-order valence-corrected chi connectivity index (χ0v) is 15.1. The van der Waals surface area contributed by atoms with Crippen LogP contribution < -0.4 is 0 Å². The van der Waals surface area contributed by atoms with Crippen LogP contribution in [0.5, 0.6) is 0 Å². The first-order chi connectivity index (χ1) is 10.8. The van der Waals surface area contributed by atoms with E-state index in [-0.39, 0.29) is 0 Å². The van der Waals surface area contributed by atoms with E-state index in [9.17, 15) is 0 Å². The van der Waals surface area contributed by atoms with Crippen molar-refractivity contribution in [2.24, 2.45) is 23.7 Å². The Bertz CT molecular complexity index is 288. The van der Waals surface area contributed by atoms with Gasteiger partial charge >= 0.3 is 0 Å². The monoisotopic (exact) mass is 302 g/mol. The van der Waals surface area contributed by atoms with Gasteiger partial charge in [0.05, 0.1) is 0 Å². The summed E-state index contributed by atoms with van der Waals surface area (Å²) in [4.78, 5) is 0. The van der Waals surface area contributed by atoms with Crippen molar-refractivity contribution in [3.63, 3.8) is 0 Å². The van der Waals surface area contributed by atoms with Crippen molar-refractivity contribution in [3.05, 3.63) is 24.3 Å². The van der Waals surface area contributed by atoms with Gasteiger partial charge in [-0.3, -0.25) is 0 Å². The smallest absolute Gasteiger partial charge is 0.0348 e. The third-order valence-electron chi connectivity index (χ3n) is 6.40. The fourth-order valence-corrected chi connectivity index (χ4v) is 4.89. The van der Waals surface area contributed by atoms with Gasteiger partial charge in [0.15, 0.2) is 0 Å². The largest absolute Gasteiger partial charge is 0.0917 e. The molecule has 2 aliphatic rings. The lowest BCUT2D eigenvalue weighted by Gasteiger charge is -2.38. The average Bonchev–Trinajstić information content (AvgIpc) is 2.57. The highest BCUT2D eigenvalue weighted by Gasteiger charge is 2.30. The molecule has 2 saturated carbocycles. The highest BCUT2D eigenvalue weighted by molar-refractivity contribution is 4.85. The first kappa shape index (κ1) is 17.8. The lowest BCUT2D eigenvalue weighted by molar-refractivity contribution is 0.142. The van der Waals surface area contributed by atoms with Crippen molar-refractivity contribution in [1.82, 2.24) is 0 Å². The zero-order valence-electron chi connectivity index (χ0n) is 15.1.